The highest BCUT2D eigenvalue weighted by Crippen LogP contribution is 2.42. The van der Waals surface area contributed by atoms with E-state index in [1.54, 1.807) is 0 Å². The van der Waals surface area contributed by atoms with Crippen LogP contribution >= 0.6 is 23.3 Å². The predicted octanol–water partition coefficient (Wildman–Crippen LogP) is 6.30. The van der Waals surface area contributed by atoms with Crippen molar-refractivity contribution in [3.63, 3.8) is 0 Å². The first kappa shape index (κ1) is 21.4. The Kier molecular flexibility index (Phi) is 6.17. The molecule has 0 fully saturated rings. The number of hydrogen-bond donors (Lipinski definition) is 0. The van der Waals surface area contributed by atoms with Crippen molar-refractivity contribution >= 4 is 23.3 Å². The van der Waals surface area contributed by atoms with E-state index in [4.69, 9.17) is 0 Å². The molecule has 0 N–H and O–H groups in total. The van der Waals surface area contributed by atoms with Crippen LogP contribution in [0.2, 0.25) is 0 Å². The molecule has 164 valence electrons. The summed E-state index contributed by atoms with van der Waals surface area (Å²) in [6.07, 6.45) is 2.03. The zero-order valence-electron chi connectivity index (χ0n) is 18.8. The van der Waals surface area contributed by atoms with Gasteiger partial charge in [0.25, 0.3) is 0 Å². The molecule has 5 rings (SSSR count). The molecule has 1 aliphatic heterocycles. The van der Waals surface area contributed by atoms with E-state index in [9.17, 15) is 0 Å². The number of aryl methyl sites for hydroxylation is 3. The molecule has 0 saturated carbocycles. The fourth-order valence-electron chi connectivity index (χ4n) is 4.39. The molecule has 0 radical (unpaired) electrons. The van der Waals surface area contributed by atoms with Gasteiger partial charge in [0.15, 0.2) is 5.82 Å². The summed E-state index contributed by atoms with van der Waals surface area (Å²) in [5, 5.41) is 10.4. The molecule has 2 aromatic carbocycles. The van der Waals surface area contributed by atoms with Crippen LogP contribution in [0.5, 0.6) is 0 Å². The minimum absolute atomic E-state index is 0.196. The SMILES string of the molecule is Cc1sc2c(c1Cc1ccccc1)CN(SCCc1ccccc1)[C@@H](C)c1nnc(C)n1-2. The second kappa shape index (κ2) is 9.22. The summed E-state index contributed by atoms with van der Waals surface area (Å²) < 4.78 is 4.80. The Balaban J connectivity index is 1.48. The van der Waals surface area contributed by atoms with Crippen molar-refractivity contribution in [2.24, 2.45) is 0 Å². The minimum Gasteiger partial charge on any atom is -0.272 e. The molecule has 3 heterocycles. The second-order valence-electron chi connectivity index (χ2n) is 8.34. The molecule has 32 heavy (non-hydrogen) atoms. The van der Waals surface area contributed by atoms with Gasteiger partial charge >= 0.3 is 0 Å². The van der Waals surface area contributed by atoms with Crippen molar-refractivity contribution in [1.82, 2.24) is 19.1 Å². The molecule has 0 saturated heterocycles. The first-order valence-corrected chi connectivity index (χ1v) is 12.9. The number of thiophene rings is 1. The van der Waals surface area contributed by atoms with Crippen LogP contribution < -0.4 is 0 Å². The van der Waals surface area contributed by atoms with Crippen LogP contribution in [0.1, 0.15) is 51.7 Å². The summed E-state index contributed by atoms with van der Waals surface area (Å²) in [4.78, 5) is 1.39. The van der Waals surface area contributed by atoms with Crippen molar-refractivity contribution < 1.29 is 0 Å². The highest BCUT2D eigenvalue weighted by atomic mass is 32.2. The summed E-state index contributed by atoms with van der Waals surface area (Å²) in [7, 11) is 0. The smallest absolute Gasteiger partial charge is 0.156 e. The van der Waals surface area contributed by atoms with Gasteiger partial charge in [0, 0.05) is 22.7 Å². The van der Waals surface area contributed by atoms with Gasteiger partial charge in [0.2, 0.25) is 0 Å². The van der Waals surface area contributed by atoms with Crippen LogP contribution in [-0.4, -0.2) is 24.8 Å². The number of hydrogen-bond acceptors (Lipinski definition) is 5. The Labute approximate surface area is 198 Å². The Bertz CT molecular complexity index is 1200. The number of benzene rings is 2. The standard InChI is InChI=1S/C26H28N4S2/c1-18-25-28-27-20(3)30(25)26-24(17-29(18)31-15-14-21-10-6-4-7-11-21)23(19(2)32-26)16-22-12-8-5-9-13-22/h4-13,18H,14-17H2,1-3H3/t18-/m0/s1. The molecule has 0 amide bonds. The number of rotatable bonds is 6. The first-order chi connectivity index (χ1) is 15.6. The first-order valence-electron chi connectivity index (χ1n) is 11.1. The molecule has 0 spiro atoms. The maximum atomic E-state index is 4.60. The van der Waals surface area contributed by atoms with Crippen molar-refractivity contribution in [2.75, 3.05) is 5.75 Å². The van der Waals surface area contributed by atoms with E-state index in [2.05, 4.69) is 101 Å². The van der Waals surface area contributed by atoms with Crippen LogP contribution in [0.4, 0.5) is 0 Å². The van der Waals surface area contributed by atoms with Crippen LogP contribution in [0.3, 0.4) is 0 Å². The highest BCUT2D eigenvalue weighted by molar-refractivity contribution is 7.97. The van der Waals surface area contributed by atoms with E-state index in [-0.39, 0.29) is 6.04 Å². The molecule has 1 atom stereocenters. The monoisotopic (exact) mass is 460 g/mol. The van der Waals surface area contributed by atoms with Crippen LogP contribution in [-0.2, 0) is 19.4 Å². The van der Waals surface area contributed by atoms with E-state index in [1.165, 1.54) is 32.1 Å². The van der Waals surface area contributed by atoms with E-state index in [0.29, 0.717) is 0 Å². The zero-order valence-corrected chi connectivity index (χ0v) is 20.4. The lowest BCUT2D eigenvalue weighted by molar-refractivity contribution is 0.366. The van der Waals surface area contributed by atoms with Crippen LogP contribution in [0.15, 0.2) is 60.7 Å². The lowest BCUT2D eigenvalue weighted by Gasteiger charge is -2.25. The van der Waals surface area contributed by atoms with Gasteiger partial charge in [-0.2, -0.15) is 0 Å². The number of nitrogens with zero attached hydrogens (tertiary/aromatic N) is 4. The Morgan fingerprint density at radius 2 is 1.66 bits per heavy atom. The van der Waals surface area contributed by atoms with Gasteiger partial charge in [0.05, 0.1) is 6.04 Å². The molecular weight excluding hydrogens is 432 g/mol. The summed E-state index contributed by atoms with van der Waals surface area (Å²) in [6, 6.07) is 21.7. The van der Waals surface area contributed by atoms with Gasteiger partial charge in [-0.15, -0.1) is 21.5 Å². The molecule has 0 unspecified atom stereocenters. The average molecular weight is 461 g/mol. The molecular formula is C26H28N4S2. The lowest BCUT2D eigenvalue weighted by atomic mass is 10.0. The number of aromatic nitrogens is 3. The molecule has 2 aromatic heterocycles. The molecule has 0 aliphatic carbocycles. The van der Waals surface area contributed by atoms with E-state index >= 15 is 0 Å². The Hall–Kier alpha value is -2.41. The summed E-state index contributed by atoms with van der Waals surface area (Å²) in [5.41, 5.74) is 5.63. The molecule has 1 aliphatic rings. The van der Waals surface area contributed by atoms with Crippen molar-refractivity contribution in [1.29, 1.82) is 0 Å². The lowest BCUT2D eigenvalue weighted by Crippen LogP contribution is -2.21. The quantitative estimate of drug-likeness (QED) is 0.316. The average Bonchev–Trinajstić information content (AvgIpc) is 3.30. The van der Waals surface area contributed by atoms with Crippen LogP contribution in [0, 0.1) is 13.8 Å². The molecule has 6 heteroatoms. The van der Waals surface area contributed by atoms with Gasteiger partial charge in [0.1, 0.15) is 10.8 Å². The molecule has 4 nitrogen and oxygen atoms in total. The number of fused-ring (bicyclic) bond motifs is 3. The van der Waals surface area contributed by atoms with Gasteiger partial charge < -0.3 is 0 Å². The third-order valence-electron chi connectivity index (χ3n) is 6.18. The molecule has 4 aromatic rings. The van der Waals surface area contributed by atoms with Crippen molar-refractivity contribution in [3.05, 3.63) is 99.4 Å². The Morgan fingerprint density at radius 1 is 0.969 bits per heavy atom. The molecule has 0 bridgehead atoms. The topological polar surface area (TPSA) is 34.0 Å². The maximum absolute atomic E-state index is 4.60. The fourth-order valence-corrected chi connectivity index (χ4v) is 6.73. The van der Waals surface area contributed by atoms with E-state index < -0.39 is 0 Å². The fraction of sp³-hybridized carbons (Fsp3) is 0.308. The van der Waals surface area contributed by atoms with Gasteiger partial charge in [-0.3, -0.25) is 4.57 Å². The summed E-state index contributed by atoms with van der Waals surface area (Å²) >= 11 is 3.81. The predicted molar refractivity (Wildman–Crippen MR) is 135 cm³/mol. The van der Waals surface area contributed by atoms with Gasteiger partial charge in [-0.1, -0.05) is 72.6 Å². The van der Waals surface area contributed by atoms with Gasteiger partial charge in [-0.05, 0) is 50.3 Å². The second-order valence-corrected chi connectivity index (χ2v) is 10.7. The van der Waals surface area contributed by atoms with Crippen molar-refractivity contribution in [3.8, 4) is 5.00 Å². The highest BCUT2D eigenvalue weighted by Gasteiger charge is 2.32. The van der Waals surface area contributed by atoms with Gasteiger partial charge in [-0.25, -0.2) is 4.31 Å². The largest absolute Gasteiger partial charge is 0.272 e. The third-order valence-corrected chi connectivity index (χ3v) is 8.52. The summed E-state index contributed by atoms with van der Waals surface area (Å²) in [6.45, 7) is 7.51. The Morgan fingerprint density at radius 3 is 2.38 bits per heavy atom. The third kappa shape index (κ3) is 4.15. The zero-order chi connectivity index (χ0) is 22.1. The van der Waals surface area contributed by atoms with Crippen molar-refractivity contribution in [2.45, 2.75) is 46.2 Å². The maximum Gasteiger partial charge on any atom is 0.156 e. The van der Waals surface area contributed by atoms with E-state index in [0.717, 1.165) is 36.8 Å². The normalized spacial score (nSPS) is 15.9. The van der Waals surface area contributed by atoms with Crippen LogP contribution in [0.25, 0.3) is 5.00 Å². The summed E-state index contributed by atoms with van der Waals surface area (Å²) in [5.74, 6) is 3.06. The van der Waals surface area contributed by atoms with E-state index in [1.807, 2.05) is 23.3 Å². The minimum atomic E-state index is 0.196.